The molecule has 2 heterocycles. The summed E-state index contributed by atoms with van der Waals surface area (Å²) in [6.07, 6.45) is 1.56. The molecule has 3 N–H and O–H groups in total. The molecule has 1 amide bonds. The average Bonchev–Trinajstić information content (AvgIpc) is 3.10. The van der Waals surface area contributed by atoms with E-state index >= 15 is 0 Å². The Balaban J connectivity index is 1.40. The molecule has 154 valence electrons. The molecule has 1 aliphatic heterocycles. The zero-order valence-corrected chi connectivity index (χ0v) is 16.4. The first-order valence-corrected chi connectivity index (χ1v) is 9.81. The van der Waals surface area contributed by atoms with Gasteiger partial charge in [-0.1, -0.05) is 36.4 Å². The number of hydrogen-bond donors (Lipinski definition) is 2. The van der Waals surface area contributed by atoms with Crippen molar-refractivity contribution in [3.63, 3.8) is 0 Å². The standard InChI is InChI=1S/C23H23FN4O2/c24-19-12-17(28-11-5-4-8-23(28)30)9-10-21(19)26-22(29)15-27-13-18(20(25)14-27)16-6-2-1-3-7-16/h1-12,18,20H,13-15,25H2,(H,26,29). The Kier molecular flexibility index (Phi) is 5.74. The number of nitrogens with one attached hydrogen (secondary N) is 1. The second-order valence-corrected chi connectivity index (χ2v) is 7.50. The first kappa shape index (κ1) is 20.0. The van der Waals surface area contributed by atoms with Crippen LogP contribution in [0.4, 0.5) is 10.1 Å². The Morgan fingerprint density at radius 1 is 1.07 bits per heavy atom. The maximum atomic E-state index is 14.5. The number of amides is 1. The second-order valence-electron chi connectivity index (χ2n) is 7.50. The lowest BCUT2D eigenvalue weighted by Crippen LogP contribution is -2.34. The third-order valence-electron chi connectivity index (χ3n) is 5.36. The molecular formula is C23H23FN4O2. The fourth-order valence-electron chi connectivity index (χ4n) is 3.88. The molecule has 6 nitrogen and oxygen atoms in total. The molecule has 0 aliphatic carbocycles. The fraction of sp³-hybridized carbons (Fsp3) is 0.217. The van der Waals surface area contributed by atoms with Gasteiger partial charge in [-0.15, -0.1) is 0 Å². The van der Waals surface area contributed by atoms with E-state index in [0.29, 0.717) is 18.8 Å². The quantitative estimate of drug-likeness (QED) is 0.682. The highest BCUT2D eigenvalue weighted by atomic mass is 19.1. The summed E-state index contributed by atoms with van der Waals surface area (Å²) >= 11 is 0. The van der Waals surface area contributed by atoms with Crippen molar-refractivity contribution in [1.29, 1.82) is 0 Å². The van der Waals surface area contributed by atoms with Crippen LogP contribution in [0.3, 0.4) is 0 Å². The second kappa shape index (κ2) is 8.61. The van der Waals surface area contributed by atoms with Crippen molar-refractivity contribution in [1.82, 2.24) is 9.47 Å². The molecule has 4 rings (SSSR count). The third kappa shape index (κ3) is 4.32. The molecule has 0 bridgehead atoms. The highest BCUT2D eigenvalue weighted by Gasteiger charge is 2.32. The van der Waals surface area contributed by atoms with Crippen LogP contribution in [0.5, 0.6) is 0 Å². The number of nitrogens with zero attached hydrogens (tertiary/aromatic N) is 2. The van der Waals surface area contributed by atoms with Gasteiger partial charge in [0, 0.05) is 43.4 Å². The molecule has 2 aromatic carbocycles. The lowest BCUT2D eigenvalue weighted by molar-refractivity contribution is -0.117. The minimum atomic E-state index is -0.600. The average molecular weight is 406 g/mol. The van der Waals surface area contributed by atoms with Gasteiger partial charge in [0.05, 0.1) is 17.9 Å². The number of halogens is 1. The SMILES string of the molecule is NC1CN(CC(=O)Nc2ccc(-n3ccccc3=O)cc2F)CC1c1ccccc1. The van der Waals surface area contributed by atoms with E-state index in [0.717, 1.165) is 5.56 Å². The molecule has 2 atom stereocenters. The Morgan fingerprint density at radius 3 is 2.57 bits per heavy atom. The number of pyridine rings is 1. The fourth-order valence-corrected chi connectivity index (χ4v) is 3.88. The Hall–Kier alpha value is -3.29. The van der Waals surface area contributed by atoms with Gasteiger partial charge in [0.1, 0.15) is 5.82 Å². The maximum absolute atomic E-state index is 14.5. The topological polar surface area (TPSA) is 80.4 Å². The molecule has 0 radical (unpaired) electrons. The third-order valence-corrected chi connectivity index (χ3v) is 5.36. The summed E-state index contributed by atoms with van der Waals surface area (Å²) < 4.78 is 15.9. The number of aromatic nitrogens is 1. The predicted octanol–water partition coefficient (Wildman–Crippen LogP) is 2.34. The van der Waals surface area contributed by atoms with Gasteiger partial charge in [0.2, 0.25) is 5.91 Å². The number of nitrogens with two attached hydrogens (primary N) is 1. The van der Waals surface area contributed by atoms with Gasteiger partial charge in [-0.05, 0) is 23.8 Å². The van der Waals surface area contributed by atoms with Crippen molar-refractivity contribution >= 4 is 11.6 Å². The summed E-state index contributed by atoms with van der Waals surface area (Å²) in [5, 5.41) is 2.62. The predicted molar refractivity (Wildman–Crippen MR) is 114 cm³/mol. The maximum Gasteiger partial charge on any atom is 0.255 e. The van der Waals surface area contributed by atoms with E-state index in [1.165, 1.54) is 22.8 Å². The minimum absolute atomic E-state index is 0.0552. The smallest absolute Gasteiger partial charge is 0.255 e. The van der Waals surface area contributed by atoms with E-state index < -0.39 is 5.82 Å². The van der Waals surface area contributed by atoms with Gasteiger partial charge in [0.15, 0.2) is 0 Å². The van der Waals surface area contributed by atoms with Gasteiger partial charge < -0.3 is 11.1 Å². The summed E-state index contributed by atoms with van der Waals surface area (Å²) in [6.45, 7) is 1.42. The van der Waals surface area contributed by atoms with Gasteiger partial charge in [-0.25, -0.2) is 4.39 Å². The molecule has 3 aromatic rings. The molecule has 1 aromatic heterocycles. The number of carbonyl (C=O) groups excluding carboxylic acids is 1. The van der Waals surface area contributed by atoms with Crippen molar-refractivity contribution < 1.29 is 9.18 Å². The normalized spacial score (nSPS) is 19.0. The number of anilines is 1. The van der Waals surface area contributed by atoms with E-state index in [1.807, 2.05) is 35.2 Å². The van der Waals surface area contributed by atoms with Crippen molar-refractivity contribution in [3.05, 3.63) is 94.7 Å². The van der Waals surface area contributed by atoms with Crippen LogP contribution in [0.1, 0.15) is 11.5 Å². The van der Waals surface area contributed by atoms with Gasteiger partial charge in [-0.3, -0.25) is 19.1 Å². The Bertz CT molecular complexity index is 1100. The van der Waals surface area contributed by atoms with Crippen LogP contribution in [-0.4, -0.2) is 41.1 Å². The van der Waals surface area contributed by atoms with Crippen molar-refractivity contribution in [2.24, 2.45) is 5.73 Å². The minimum Gasteiger partial charge on any atom is -0.326 e. The van der Waals surface area contributed by atoms with Crippen LogP contribution >= 0.6 is 0 Å². The van der Waals surface area contributed by atoms with Crippen LogP contribution in [0, 0.1) is 5.82 Å². The van der Waals surface area contributed by atoms with E-state index in [1.54, 1.807) is 24.4 Å². The van der Waals surface area contributed by atoms with Crippen molar-refractivity contribution in [3.8, 4) is 5.69 Å². The number of benzene rings is 2. The molecule has 30 heavy (non-hydrogen) atoms. The van der Waals surface area contributed by atoms with E-state index in [4.69, 9.17) is 5.73 Å². The van der Waals surface area contributed by atoms with Crippen molar-refractivity contribution in [2.75, 3.05) is 25.0 Å². The van der Waals surface area contributed by atoms with Crippen molar-refractivity contribution in [2.45, 2.75) is 12.0 Å². The molecule has 0 spiro atoms. The number of carbonyl (C=O) groups is 1. The largest absolute Gasteiger partial charge is 0.326 e. The molecule has 1 fully saturated rings. The van der Waals surface area contributed by atoms with E-state index in [-0.39, 0.29) is 35.7 Å². The number of hydrogen-bond acceptors (Lipinski definition) is 4. The number of likely N-dealkylation sites (tertiary alicyclic amines) is 1. The van der Waals surface area contributed by atoms with Gasteiger partial charge in [-0.2, -0.15) is 0 Å². The zero-order valence-electron chi connectivity index (χ0n) is 16.4. The van der Waals surface area contributed by atoms with E-state index in [9.17, 15) is 14.0 Å². The lowest BCUT2D eigenvalue weighted by Gasteiger charge is -2.16. The molecule has 0 saturated carbocycles. The van der Waals surface area contributed by atoms with Crippen LogP contribution in [-0.2, 0) is 4.79 Å². The lowest BCUT2D eigenvalue weighted by atomic mass is 9.95. The number of rotatable bonds is 5. The van der Waals surface area contributed by atoms with Crippen LogP contribution in [0.25, 0.3) is 5.69 Å². The highest BCUT2D eigenvalue weighted by Crippen LogP contribution is 2.26. The molecule has 2 unspecified atom stereocenters. The van der Waals surface area contributed by atoms with Gasteiger partial charge in [0.25, 0.3) is 5.56 Å². The Morgan fingerprint density at radius 2 is 1.83 bits per heavy atom. The van der Waals surface area contributed by atoms with Crippen LogP contribution in [0.15, 0.2) is 77.7 Å². The van der Waals surface area contributed by atoms with Crippen LogP contribution < -0.4 is 16.6 Å². The molecular weight excluding hydrogens is 383 g/mol. The molecule has 1 saturated heterocycles. The summed E-state index contributed by atoms with van der Waals surface area (Å²) in [5.41, 5.74) is 7.65. The summed E-state index contributed by atoms with van der Waals surface area (Å²) in [4.78, 5) is 26.3. The van der Waals surface area contributed by atoms with E-state index in [2.05, 4.69) is 5.32 Å². The summed E-state index contributed by atoms with van der Waals surface area (Å²) in [6, 6.07) is 19.0. The molecule has 7 heteroatoms. The van der Waals surface area contributed by atoms with Crippen LogP contribution in [0.2, 0.25) is 0 Å². The first-order valence-electron chi connectivity index (χ1n) is 9.81. The molecule has 1 aliphatic rings. The highest BCUT2D eigenvalue weighted by molar-refractivity contribution is 5.92. The first-order chi connectivity index (χ1) is 14.5. The summed E-state index contributed by atoms with van der Waals surface area (Å²) in [5.74, 6) is -0.740. The monoisotopic (exact) mass is 406 g/mol. The summed E-state index contributed by atoms with van der Waals surface area (Å²) in [7, 11) is 0. The van der Waals surface area contributed by atoms with Gasteiger partial charge >= 0.3 is 0 Å². The zero-order chi connectivity index (χ0) is 21.1. The Labute approximate surface area is 173 Å².